The highest BCUT2D eigenvalue weighted by Gasteiger charge is 2.33. The number of halogens is 1. The molecule has 0 atom stereocenters. The zero-order valence-electron chi connectivity index (χ0n) is 17.4. The summed E-state index contributed by atoms with van der Waals surface area (Å²) in [6, 6.07) is 19.3. The molecule has 0 fully saturated rings. The molecule has 0 saturated carbocycles. The average Bonchev–Trinajstić information content (AvgIpc) is 2.78. The predicted octanol–water partition coefficient (Wildman–Crippen LogP) is 5.73. The molecule has 0 aliphatic heterocycles. The van der Waals surface area contributed by atoms with E-state index in [0.717, 1.165) is 29.1 Å². The number of unbranched alkanes of at least 4 members (excludes halogenated alkanes) is 1. The Kier molecular flexibility index (Phi) is 7.36. The zero-order valence-corrected chi connectivity index (χ0v) is 19.0. The molecular weight excluding hydrogens is 434 g/mol. The van der Waals surface area contributed by atoms with Gasteiger partial charge in [0.15, 0.2) is 0 Å². The Hall–Kier alpha value is -2.83. The fourth-order valence-electron chi connectivity index (χ4n) is 3.19. The van der Waals surface area contributed by atoms with Gasteiger partial charge in [-0.25, -0.2) is 8.42 Å². The first-order valence-corrected chi connectivity index (χ1v) is 11.8. The SMILES string of the molecule is CCCCc1ccc(N(C(=O)c2ccccc2OC)S(=O)(=O)c2ccc(Cl)cc2)cc1. The maximum Gasteiger partial charge on any atom is 0.276 e. The fraction of sp³-hybridized carbons (Fsp3) is 0.208. The minimum Gasteiger partial charge on any atom is -0.496 e. The molecule has 0 aliphatic rings. The second kappa shape index (κ2) is 9.98. The molecule has 0 saturated heterocycles. The van der Waals surface area contributed by atoms with Crippen LogP contribution in [0.3, 0.4) is 0 Å². The van der Waals surface area contributed by atoms with Crippen molar-refractivity contribution in [3.63, 3.8) is 0 Å². The van der Waals surface area contributed by atoms with Crippen LogP contribution in [0, 0.1) is 0 Å². The highest BCUT2D eigenvalue weighted by molar-refractivity contribution is 7.93. The Morgan fingerprint density at radius 2 is 1.61 bits per heavy atom. The zero-order chi connectivity index (χ0) is 22.4. The number of hydrogen-bond acceptors (Lipinski definition) is 4. The Bertz CT molecular complexity index is 1140. The summed E-state index contributed by atoms with van der Waals surface area (Å²) in [5.41, 5.74) is 1.49. The largest absolute Gasteiger partial charge is 0.496 e. The topological polar surface area (TPSA) is 63.7 Å². The molecule has 0 unspecified atom stereocenters. The molecule has 3 aromatic rings. The van der Waals surface area contributed by atoms with E-state index in [0.29, 0.717) is 10.8 Å². The number of para-hydroxylation sites is 1. The standard InChI is InChI=1S/C24H24ClNO4S/c1-3-4-7-18-10-14-20(15-11-18)26(24(27)22-8-5-6-9-23(22)30-2)31(28,29)21-16-12-19(25)13-17-21/h5-6,8-17H,3-4,7H2,1-2H3. The number of carbonyl (C=O) groups excluding carboxylic acids is 1. The Balaban J connectivity index is 2.11. The summed E-state index contributed by atoms with van der Waals surface area (Å²) in [6.45, 7) is 2.11. The fourth-order valence-corrected chi connectivity index (χ4v) is 4.72. The van der Waals surface area contributed by atoms with Crippen LogP contribution in [0.1, 0.15) is 35.7 Å². The second-order valence-electron chi connectivity index (χ2n) is 7.00. The summed E-state index contributed by atoms with van der Waals surface area (Å²) >= 11 is 5.92. The van der Waals surface area contributed by atoms with Crippen LogP contribution in [0.4, 0.5) is 5.69 Å². The van der Waals surface area contributed by atoms with E-state index in [1.807, 2.05) is 12.1 Å². The molecule has 0 aromatic heterocycles. The molecule has 0 spiro atoms. The van der Waals surface area contributed by atoms with E-state index in [-0.39, 0.29) is 16.1 Å². The van der Waals surface area contributed by atoms with Crippen molar-refractivity contribution in [3.8, 4) is 5.75 Å². The molecular formula is C24H24ClNO4S. The highest BCUT2D eigenvalue weighted by atomic mass is 35.5. The molecule has 0 N–H and O–H groups in total. The molecule has 1 amide bonds. The number of methoxy groups -OCH3 is 1. The van der Waals surface area contributed by atoms with E-state index < -0.39 is 15.9 Å². The number of rotatable bonds is 8. The van der Waals surface area contributed by atoms with Gasteiger partial charge in [0.2, 0.25) is 0 Å². The number of carbonyl (C=O) groups is 1. The van der Waals surface area contributed by atoms with Crippen LogP contribution in [-0.2, 0) is 16.4 Å². The monoisotopic (exact) mass is 457 g/mol. The van der Waals surface area contributed by atoms with Gasteiger partial charge in [0.25, 0.3) is 15.9 Å². The third kappa shape index (κ3) is 5.09. The van der Waals surface area contributed by atoms with E-state index in [9.17, 15) is 13.2 Å². The number of aryl methyl sites for hydroxylation is 1. The van der Waals surface area contributed by atoms with Crippen LogP contribution in [0.2, 0.25) is 5.02 Å². The number of amides is 1. The molecule has 0 bridgehead atoms. The molecule has 0 radical (unpaired) electrons. The van der Waals surface area contributed by atoms with Gasteiger partial charge >= 0.3 is 0 Å². The van der Waals surface area contributed by atoms with Gasteiger partial charge in [-0.05, 0) is 66.9 Å². The maximum atomic E-state index is 13.5. The van der Waals surface area contributed by atoms with E-state index in [1.54, 1.807) is 36.4 Å². The van der Waals surface area contributed by atoms with Crippen molar-refractivity contribution < 1.29 is 17.9 Å². The summed E-state index contributed by atoms with van der Waals surface area (Å²) in [5.74, 6) is -0.405. The van der Waals surface area contributed by atoms with Crippen LogP contribution >= 0.6 is 11.6 Å². The first kappa shape index (κ1) is 22.8. The van der Waals surface area contributed by atoms with Crippen molar-refractivity contribution in [1.29, 1.82) is 0 Å². The van der Waals surface area contributed by atoms with E-state index >= 15 is 0 Å². The lowest BCUT2D eigenvalue weighted by Crippen LogP contribution is -2.37. The molecule has 31 heavy (non-hydrogen) atoms. The molecule has 3 aromatic carbocycles. The summed E-state index contributed by atoms with van der Waals surface area (Å²) in [7, 11) is -2.77. The molecule has 162 valence electrons. The minimum atomic E-state index is -4.20. The van der Waals surface area contributed by atoms with Gasteiger partial charge in [-0.2, -0.15) is 4.31 Å². The van der Waals surface area contributed by atoms with Crippen molar-refractivity contribution in [2.75, 3.05) is 11.4 Å². The normalized spacial score (nSPS) is 11.2. The van der Waals surface area contributed by atoms with Crippen molar-refractivity contribution in [2.24, 2.45) is 0 Å². The summed E-state index contributed by atoms with van der Waals surface area (Å²) in [4.78, 5) is 13.5. The van der Waals surface area contributed by atoms with Gasteiger partial charge in [-0.3, -0.25) is 4.79 Å². The summed E-state index contributed by atoms with van der Waals surface area (Å²) in [5, 5.41) is 0.404. The predicted molar refractivity (Wildman–Crippen MR) is 123 cm³/mol. The van der Waals surface area contributed by atoms with E-state index in [4.69, 9.17) is 16.3 Å². The van der Waals surface area contributed by atoms with E-state index in [1.165, 1.54) is 31.4 Å². The first-order chi connectivity index (χ1) is 14.9. The highest BCUT2D eigenvalue weighted by Crippen LogP contribution is 2.30. The Morgan fingerprint density at radius 1 is 0.968 bits per heavy atom. The lowest BCUT2D eigenvalue weighted by molar-refractivity contribution is 0.100. The molecule has 5 nitrogen and oxygen atoms in total. The number of hydrogen-bond donors (Lipinski definition) is 0. The van der Waals surface area contributed by atoms with Crippen LogP contribution in [0.25, 0.3) is 0 Å². The van der Waals surface area contributed by atoms with Crippen molar-refractivity contribution in [2.45, 2.75) is 31.1 Å². The average molecular weight is 458 g/mol. The molecule has 0 aliphatic carbocycles. The second-order valence-corrected chi connectivity index (χ2v) is 9.22. The Morgan fingerprint density at radius 3 is 2.23 bits per heavy atom. The minimum absolute atomic E-state index is 0.0322. The third-order valence-electron chi connectivity index (χ3n) is 4.86. The lowest BCUT2D eigenvalue weighted by Gasteiger charge is -2.24. The van der Waals surface area contributed by atoms with Crippen LogP contribution in [0.5, 0.6) is 5.75 Å². The number of benzene rings is 3. The first-order valence-electron chi connectivity index (χ1n) is 9.95. The molecule has 0 heterocycles. The Labute approximate surface area is 188 Å². The maximum absolute atomic E-state index is 13.5. The van der Waals surface area contributed by atoms with Gasteiger partial charge in [0.1, 0.15) is 5.75 Å². The summed E-state index contributed by atoms with van der Waals surface area (Å²) < 4.78 is 33.2. The van der Waals surface area contributed by atoms with Crippen LogP contribution in [0.15, 0.2) is 77.7 Å². The number of sulfonamides is 1. The quantitative estimate of drug-likeness (QED) is 0.433. The van der Waals surface area contributed by atoms with Gasteiger partial charge in [-0.15, -0.1) is 0 Å². The van der Waals surface area contributed by atoms with Crippen molar-refractivity contribution in [3.05, 3.63) is 88.9 Å². The van der Waals surface area contributed by atoms with Crippen LogP contribution < -0.4 is 9.04 Å². The molecule has 3 rings (SSSR count). The van der Waals surface area contributed by atoms with Crippen LogP contribution in [-0.4, -0.2) is 21.4 Å². The van der Waals surface area contributed by atoms with Gasteiger partial charge < -0.3 is 4.74 Å². The van der Waals surface area contributed by atoms with Crippen molar-refractivity contribution in [1.82, 2.24) is 0 Å². The van der Waals surface area contributed by atoms with Gasteiger partial charge in [0.05, 0.1) is 23.3 Å². The number of anilines is 1. The van der Waals surface area contributed by atoms with Crippen molar-refractivity contribution >= 4 is 33.2 Å². The number of nitrogens with zero attached hydrogens (tertiary/aromatic N) is 1. The van der Waals surface area contributed by atoms with E-state index in [2.05, 4.69) is 6.92 Å². The smallest absolute Gasteiger partial charge is 0.276 e. The lowest BCUT2D eigenvalue weighted by atomic mass is 10.1. The molecule has 7 heteroatoms. The third-order valence-corrected chi connectivity index (χ3v) is 6.84. The van der Waals surface area contributed by atoms with Gasteiger partial charge in [0, 0.05) is 5.02 Å². The van der Waals surface area contributed by atoms with Gasteiger partial charge in [-0.1, -0.05) is 49.2 Å². The summed E-state index contributed by atoms with van der Waals surface area (Å²) in [6.07, 6.45) is 2.98. The number of ether oxygens (including phenoxy) is 1.